The zero-order valence-corrected chi connectivity index (χ0v) is 9.67. The van der Waals surface area contributed by atoms with E-state index < -0.39 is 17.4 Å². The summed E-state index contributed by atoms with van der Waals surface area (Å²) in [6, 6.07) is 1.38. The number of nitrogen functional groups attached to an aromatic ring is 1. The highest BCUT2D eigenvalue weighted by Crippen LogP contribution is 2.37. The van der Waals surface area contributed by atoms with Crippen LogP contribution in [-0.2, 0) is 6.18 Å². The average Bonchev–Trinajstić information content (AvgIpc) is 2.67. The van der Waals surface area contributed by atoms with Crippen molar-refractivity contribution in [2.45, 2.75) is 44.3 Å². The minimum Gasteiger partial charge on any atom is -0.383 e. The molecule has 1 aliphatic carbocycles. The van der Waals surface area contributed by atoms with Gasteiger partial charge in [-0.1, -0.05) is 19.3 Å². The van der Waals surface area contributed by atoms with Crippen molar-refractivity contribution in [1.29, 1.82) is 5.26 Å². The molecule has 4 nitrogen and oxygen atoms in total. The van der Waals surface area contributed by atoms with Crippen LogP contribution in [0.3, 0.4) is 0 Å². The van der Waals surface area contributed by atoms with Gasteiger partial charge in [-0.15, -0.1) is 0 Å². The number of nitriles is 1. The molecule has 0 unspecified atom stereocenters. The number of nitrogens with two attached hydrogens (primary N) is 1. The van der Waals surface area contributed by atoms with E-state index in [-0.39, 0.29) is 11.9 Å². The number of hydrogen-bond donors (Lipinski definition) is 1. The van der Waals surface area contributed by atoms with Crippen LogP contribution in [0.5, 0.6) is 0 Å². The molecule has 0 amide bonds. The molecule has 2 rings (SSSR count). The maximum absolute atomic E-state index is 12.7. The summed E-state index contributed by atoms with van der Waals surface area (Å²) in [5.41, 5.74) is 3.89. The molecule has 1 aromatic heterocycles. The van der Waals surface area contributed by atoms with E-state index in [0.29, 0.717) is 0 Å². The van der Waals surface area contributed by atoms with Crippen LogP contribution in [0.4, 0.5) is 19.0 Å². The summed E-state index contributed by atoms with van der Waals surface area (Å²) in [5, 5.41) is 12.3. The number of anilines is 1. The molecule has 0 aromatic carbocycles. The minimum atomic E-state index is -4.64. The third-order valence-corrected chi connectivity index (χ3v) is 3.25. The largest absolute Gasteiger partial charge is 0.436 e. The molecule has 0 spiro atoms. The Bertz CT molecular complexity index is 478. The maximum Gasteiger partial charge on any atom is 0.436 e. The van der Waals surface area contributed by atoms with Gasteiger partial charge in [-0.05, 0) is 12.8 Å². The van der Waals surface area contributed by atoms with E-state index >= 15 is 0 Å². The molecule has 18 heavy (non-hydrogen) atoms. The Morgan fingerprint density at radius 1 is 1.28 bits per heavy atom. The Morgan fingerprint density at radius 3 is 2.33 bits per heavy atom. The molecule has 1 fully saturated rings. The predicted octanol–water partition coefficient (Wildman–Crippen LogP) is 2.86. The molecule has 0 radical (unpaired) electrons. The van der Waals surface area contributed by atoms with Crippen molar-refractivity contribution in [2.24, 2.45) is 0 Å². The van der Waals surface area contributed by atoms with Crippen LogP contribution in [0.25, 0.3) is 0 Å². The summed E-state index contributed by atoms with van der Waals surface area (Å²) in [5.74, 6) is -0.170. The highest BCUT2D eigenvalue weighted by atomic mass is 19.4. The fourth-order valence-corrected chi connectivity index (χ4v) is 2.36. The van der Waals surface area contributed by atoms with Crippen LogP contribution in [0.15, 0.2) is 0 Å². The van der Waals surface area contributed by atoms with Crippen molar-refractivity contribution < 1.29 is 13.2 Å². The lowest BCUT2D eigenvalue weighted by atomic mass is 9.96. The van der Waals surface area contributed by atoms with Gasteiger partial charge in [-0.3, -0.25) is 0 Å². The Hall–Kier alpha value is -1.71. The van der Waals surface area contributed by atoms with Crippen molar-refractivity contribution >= 4 is 5.82 Å². The normalized spacial score (nSPS) is 17.7. The van der Waals surface area contributed by atoms with Crippen LogP contribution < -0.4 is 5.73 Å². The summed E-state index contributed by atoms with van der Waals surface area (Å²) in [7, 11) is 0. The third-order valence-electron chi connectivity index (χ3n) is 3.25. The summed E-state index contributed by atoms with van der Waals surface area (Å²) in [4.78, 5) is 0. The molecule has 1 saturated carbocycles. The topological polar surface area (TPSA) is 67.6 Å². The lowest BCUT2D eigenvalue weighted by Crippen LogP contribution is -2.17. The molecular formula is C11H13F3N4. The van der Waals surface area contributed by atoms with Gasteiger partial charge in [0.1, 0.15) is 17.5 Å². The van der Waals surface area contributed by atoms with E-state index in [2.05, 4.69) is 5.10 Å². The Kier molecular flexibility index (Phi) is 3.20. The summed E-state index contributed by atoms with van der Waals surface area (Å²) < 4.78 is 39.3. The number of alkyl halides is 3. The number of rotatable bonds is 1. The molecule has 0 aliphatic heterocycles. The SMILES string of the molecule is N#Cc1c(C(F)(F)F)nn(C2CCCCC2)c1N. The molecule has 0 bridgehead atoms. The first-order valence-electron chi connectivity index (χ1n) is 5.80. The Morgan fingerprint density at radius 2 is 1.89 bits per heavy atom. The first-order valence-corrected chi connectivity index (χ1v) is 5.80. The van der Waals surface area contributed by atoms with E-state index in [4.69, 9.17) is 11.0 Å². The highest BCUT2D eigenvalue weighted by molar-refractivity contribution is 5.53. The average molecular weight is 258 g/mol. The molecule has 1 aromatic rings. The van der Waals surface area contributed by atoms with Crippen molar-refractivity contribution in [3.05, 3.63) is 11.3 Å². The smallest absolute Gasteiger partial charge is 0.383 e. The van der Waals surface area contributed by atoms with Crippen LogP contribution in [-0.4, -0.2) is 9.78 Å². The lowest BCUT2D eigenvalue weighted by Gasteiger charge is -2.22. The second-order valence-electron chi connectivity index (χ2n) is 4.45. The van der Waals surface area contributed by atoms with Crippen molar-refractivity contribution in [2.75, 3.05) is 5.73 Å². The first-order chi connectivity index (χ1) is 8.45. The monoisotopic (exact) mass is 258 g/mol. The number of hydrogen-bond acceptors (Lipinski definition) is 3. The standard InChI is InChI=1S/C11H13F3N4/c12-11(13,14)9-8(6-15)10(16)18(17-9)7-4-2-1-3-5-7/h7H,1-5,16H2. The molecule has 98 valence electrons. The fourth-order valence-electron chi connectivity index (χ4n) is 2.36. The number of halogens is 3. The fraction of sp³-hybridized carbons (Fsp3) is 0.636. The minimum absolute atomic E-state index is 0.123. The van der Waals surface area contributed by atoms with Gasteiger partial charge < -0.3 is 5.73 Å². The third kappa shape index (κ3) is 2.15. The second kappa shape index (κ2) is 4.52. The Labute approximate surface area is 102 Å². The quantitative estimate of drug-likeness (QED) is 0.842. The van der Waals surface area contributed by atoms with Gasteiger partial charge in [0.15, 0.2) is 5.69 Å². The first kappa shape index (κ1) is 12.7. The molecule has 0 saturated heterocycles. The van der Waals surface area contributed by atoms with Crippen LogP contribution in [0.1, 0.15) is 49.4 Å². The van der Waals surface area contributed by atoms with Crippen LogP contribution in [0.2, 0.25) is 0 Å². The maximum atomic E-state index is 12.7. The summed E-state index contributed by atoms with van der Waals surface area (Å²) >= 11 is 0. The second-order valence-corrected chi connectivity index (χ2v) is 4.45. The van der Waals surface area contributed by atoms with Crippen molar-refractivity contribution in [3.63, 3.8) is 0 Å². The summed E-state index contributed by atoms with van der Waals surface area (Å²) in [6.07, 6.45) is -0.142. The van der Waals surface area contributed by atoms with Gasteiger partial charge in [-0.2, -0.15) is 23.5 Å². The molecule has 1 aliphatic rings. The van der Waals surface area contributed by atoms with E-state index in [9.17, 15) is 13.2 Å². The van der Waals surface area contributed by atoms with E-state index in [1.165, 1.54) is 10.8 Å². The van der Waals surface area contributed by atoms with E-state index in [0.717, 1.165) is 32.1 Å². The van der Waals surface area contributed by atoms with Crippen molar-refractivity contribution in [1.82, 2.24) is 9.78 Å². The van der Waals surface area contributed by atoms with Crippen LogP contribution in [0, 0.1) is 11.3 Å². The van der Waals surface area contributed by atoms with Gasteiger partial charge in [0.05, 0.1) is 6.04 Å². The molecular weight excluding hydrogens is 245 g/mol. The van der Waals surface area contributed by atoms with E-state index in [1.807, 2.05) is 0 Å². The zero-order chi connectivity index (χ0) is 13.3. The molecule has 1 heterocycles. The number of aromatic nitrogens is 2. The van der Waals surface area contributed by atoms with Gasteiger partial charge in [-0.25, -0.2) is 4.68 Å². The lowest BCUT2D eigenvalue weighted by molar-refractivity contribution is -0.141. The molecule has 7 heteroatoms. The van der Waals surface area contributed by atoms with Crippen LogP contribution >= 0.6 is 0 Å². The zero-order valence-electron chi connectivity index (χ0n) is 9.67. The van der Waals surface area contributed by atoms with Crippen molar-refractivity contribution in [3.8, 4) is 6.07 Å². The predicted molar refractivity (Wildman–Crippen MR) is 58.5 cm³/mol. The van der Waals surface area contributed by atoms with Gasteiger partial charge in [0, 0.05) is 0 Å². The Balaban J connectivity index is 2.44. The van der Waals surface area contributed by atoms with Gasteiger partial charge in [0.25, 0.3) is 0 Å². The van der Waals surface area contributed by atoms with Gasteiger partial charge in [0.2, 0.25) is 0 Å². The van der Waals surface area contributed by atoms with E-state index in [1.54, 1.807) is 0 Å². The highest BCUT2D eigenvalue weighted by Gasteiger charge is 2.40. The molecule has 2 N–H and O–H groups in total. The van der Waals surface area contributed by atoms with Gasteiger partial charge >= 0.3 is 6.18 Å². The molecule has 0 atom stereocenters. The summed E-state index contributed by atoms with van der Waals surface area (Å²) in [6.45, 7) is 0. The number of nitrogens with zero attached hydrogens (tertiary/aromatic N) is 3.